The second-order valence-corrected chi connectivity index (χ2v) is 5.42. The lowest BCUT2D eigenvalue weighted by Gasteiger charge is -2.09. The van der Waals surface area contributed by atoms with Gasteiger partial charge in [0, 0.05) is 18.5 Å². The van der Waals surface area contributed by atoms with Gasteiger partial charge in [0.2, 0.25) is 5.91 Å². The van der Waals surface area contributed by atoms with Gasteiger partial charge in [0.05, 0.1) is 12.1 Å². The van der Waals surface area contributed by atoms with Crippen LogP contribution in [0, 0.1) is 0 Å². The molecule has 0 spiro atoms. The maximum atomic E-state index is 11.6. The summed E-state index contributed by atoms with van der Waals surface area (Å²) < 4.78 is 0. The van der Waals surface area contributed by atoms with Gasteiger partial charge >= 0.3 is 0 Å². The molecule has 1 rings (SSSR count). The topological polar surface area (TPSA) is 71.2 Å². The summed E-state index contributed by atoms with van der Waals surface area (Å²) in [5.41, 5.74) is 6.29. The van der Waals surface area contributed by atoms with Crippen molar-refractivity contribution in [2.24, 2.45) is 5.73 Å². The Morgan fingerprint density at radius 3 is 2.89 bits per heavy atom. The van der Waals surface area contributed by atoms with Crippen molar-refractivity contribution in [1.82, 2.24) is 15.2 Å². The largest absolute Gasteiger partial charge is 0.356 e. The molecular formula is C12H22N4OS. The Morgan fingerprint density at radius 2 is 2.28 bits per heavy atom. The average Bonchev–Trinajstić information content (AvgIpc) is 2.76. The number of nitrogens with zero attached hydrogens (tertiary/aromatic N) is 2. The molecule has 6 heteroatoms. The number of carbonyl (C=O) groups is 1. The van der Waals surface area contributed by atoms with E-state index in [1.54, 1.807) is 0 Å². The molecule has 0 bridgehead atoms. The molecule has 0 saturated heterocycles. The van der Waals surface area contributed by atoms with Crippen LogP contribution in [0.4, 0.5) is 0 Å². The first-order valence-corrected chi connectivity index (χ1v) is 7.04. The van der Waals surface area contributed by atoms with E-state index in [-0.39, 0.29) is 5.91 Å². The molecule has 0 unspecified atom stereocenters. The molecule has 0 fully saturated rings. The van der Waals surface area contributed by atoms with Gasteiger partial charge in [-0.3, -0.25) is 4.79 Å². The van der Waals surface area contributed by atoms with Crippen LogP contribution in [0.2, 0.25) is 0 Å². The van der Waals surface area contributed by atoms with Crippen molar-refractivity contribution in [2.75, 3.05) is 27.2 Å². The van der Waals surface area contributed by atoms with E-state index in [2.05, 4.69) is 29.3 Å². The number of carbonyl (C=O) groups excluding carboxylic acids is 1. The van der Waals surface area contributed by atoms with Crippen LogP contribution in [0.1, 0.15) is 23.5 Å². The molecule has 1 amide bonds. The van der Waals surface area contributed by atoms with Gasteiger partial charge in [-0.15, -0.1) is 11.3 Å². The van der Waals surface area contributed by atoms with E-state index in [1.807, 2.05) is 5.38 Å². The smallest absolute Gasteiger partial charge is 0.226 e. The SMILES string of the molecule is CN(C)CCCCNC(=O)Cc1csc(CN)n1. The second kappa shape index (κ2) is 8.18. The van der Waals surface area contributed by atoms with Gasteiger partial charge in [0.15, 0.2) is 0 Å². The third kappa shape index (κ3) is 6.09. The van der Waals surface area contributed by atoms with Crippen molar-refractivity contribution in [3.05, 3.63) is 16.1 Å². The minimum Gasteiger partial charge on any atom is -0.356 e. The van der Waals surface area contributed by atoms with Crippen LogP contribution in [0.3, 0.4) is 0 Å². The minimum atomic E-state index is 0.0359. The molecule has 102 valence electrons. The van der Waals surface area contributed by atoms with E-state index < -0.39 is 0 Å². The predicted molar refractivity (Wildman–Crippen MR) is 74.5 cm³/mol. The van der Waals surface area contributed by atoms with Crippen molar-refractivity contribution in [2.45, 2.75) is 25.8 Å². The summed E-state index contributed by atoms with van der Waals surface area (Å²) in [6.45, 7) is 2.24. The molecule has 1 aromatic heterocycles. The summed E-state index contributed by atoms with van der Waals surface area (Å²) >= 11 is 1.51. The lowest BCUT2D eigenvalue weighted by atomic mass is 10.3. The molecule has 5 nitrogen and oxygen atoms in total. The molecule has 0 aliphatic carbocycles. The molecule has 18 heavy (non-hydrogen) atoms. The van der Waals surface area contributed by atoms with Crippen LogP contribution in [0.5, 0.6) is 0 Å². The quantitative estimate of drug-likeness (QED) is 0.679. The summed E-state index contributed by atoms with van der Waals surface area (Å²) in [4.78, 5) is 18.0. The lowest BCUT2D eigenvalue weighted by molar-refractivity contribution is -0.120. The number of aromatic nitrogens is 1. The summed E-state index contributed by atoms with van der Waals surface area (Å²) in [6, 6.07) is 0. The molecule has 0 atom stereocenters. The number of amides is 1. The van der Waals surface area contributed by atoms with Crippen molar-refractivity contribution in [3.8, 4) is 0 Å². The third-order valence-electron chi connectivity index (χ3n) is 2.47. The number of hydrogen-bond donors (Lipinski definition) is 2. The van der Waals surface area contributed by atoms with Crippen molar-refractivity contribution >= 4 is 17.2 Å². The zero-order chi connectivity index (χ0) is 13.4. The molecule has 1 heterocycles. The Bertz CT molecular complexity index is 365. The molecule has 0 aliphatic rings. The highest BCUT2D eigenvalue weighted by atomic mass is 32.1. The Balaban J connectivity index is 2.13. The number of hydrogen-bond acceptors (Lipinski definition) is 5. The van der Waals surface area contributed by atoms with Crippen LogP contribution in [0.15, 0.2) is 5.38 Å². The van der Waals surface area contributed by atoms with Gasteiger partial charge in [0.25, 0.3) is 0 Å². The van der Waals surface area contributed by atoms with Crippen LogP contribution in [-0.2, 0) is 17.8 Å². The fourth-order valence-corrected chi connectivity index (χ4v) is 2.21. The van der Waals surface area contributed by atoms with Crippen LogP contribution < -0.4 is 11.1 Å². The first-order valence-electron chi connectivity index (χ1n) is 6.16. The highest BCUT2D eigenvalue weighted by Gasteiger charge is 2.06. The van der Waals surface area contributed by atoms with E-state index in [4.69, 9.17) is 5.73 Å². The van der Waals surface area contributed by atoms with Gasteiger partial charge in [-0.2, -0.15) is 0 Å². The molecule has 0 aliphatic heterocycles. The first-order chi connectivity index (χ1) is 8.61. The highest BCUT2D eigenvalue weighted by molar-refractivity contribution is 7.09. The number of nitrogens with two attached hydrogens (primary N) is 1. The standard InChI is InChI=1S/C12H22N4OS/c1-16(2)6-4-3-5-14-11(17)7-10-9-18-12(8-13)15-10/h9H,3-8,13H2,1-2H3,(H,14,17). The monoisotopic (exact) mass is 270 g/mol. The molecule has 0 saturated carbocycles. The summed E-state index contributed by atoms with van der Waals surface area (Å²) in [5.74, 6) is 0.0359. The van der Waals surface area contributed by atoms with Crippen LogP contribution >= 0.6 is 11.3 Å². The van der Waals surface area contributed by atoms with Crippen molar-refractivity contribution in [3.63, 3.8) is 0 Å². The van der Waals surface area contributed by atoms with Crippen LogP contribution in [-0.4, -0.2) is 43.0 Å². The summed E-state index contributed by atoms with van der Waals surface area (Å²) in [5, 5.41) is 5.68. The Labute approximate surface area is 112 Å². The van der Waals surface area contributed by atoms with Gasteiger partial charge in [-0.05, 0) is 33.5 Å². The Kier molecular flexibility index (Phi) is 6.85. The molecule has 1 aromatic rings. The van der Waals surface area contributed by atoms with Crippen molar-refractivity contribution in [1.29, 1.82) is 0 Å². The number of rotatable bonds is 8. The van der Waals surface area contributed by atoms with Crippen LogP contribution in [0.25, 0.3) is 0 Å². The predicted octanol–water partition coefficient (Wildman–Crippen LogP) is 0.602. The molecule has 3 N–H and O–H groups in total. The van der Waals surface area contributed by atoms with E-state index in [9.17, 15) is 4.79 Å². The third-order valence-corrected chi connectivity index (χ3v) is 3.39. The average molecular weight is 270 g/mol. The summed E-state index contributed by atoms with van der Waals surface area (Å²) in [7, 11) is 4.10. The van der Waals surface area contributed by atoms with E-state index in [0.717, 1.165) is 36.6 Å². The zero-order valence-corrected chi connectivity index (χ0v) is 11.9. The Morgan fingerprint density at radius 1 is 1.50 bits per heavy atom. The van der Waals surface area contributed by atoms with Crippen molar-refractivity contribution < 1.29 is 4.79 Å². The first kappa shape index (κ1) is 15.1. The molecule has 0 aromatic carbocycles. The number of unbranched alkanes of at least 4 members (excludes halogenated alkanes) is 1. The number of nitrogens with one attached hydrogen (secondary N) is 1. The highest BCUT2D eigenvalue weighted by Crippen LogP contribution is 2.09. The maximum Gasteiger partial charge on any atom is 0.226 e. The van der Waals surface area contributed by atoms with Gasteiger partial charge < -0.3 is 16.0 Å². The fraction of sp³-hybridized carbons (Fsp3) is 0.667. The maximum absolute atomic E-state index is 11.6. The van der Waals surface area contributed by atoms with E-state index in [0.29, 0.717) is 13.0 Å². The molecular weight excluding hydrogens is 248 g/mol. The normalized spacial score (nSPS) is 10.9. The number of thiazole rings is 1. The van der Waals surface area contributed by atoms with Gasteiger partial charge in [0.1, 0.15) is 5.01 Å². The summed E-state index contributed by atoms with van der Waals surface area (Å²) in [6.07, 6.45) is 2.46. The second-order valence-electron chi connectivity index (χ2n) is 4.47. The lowest BCUT2D eigenvalue weighted by Crippen LogP contribution is -2.26. The van der Waals surface area contributed by atoms with Gasteiger partial charge in [-0.25, -0.2) is 4.98 Å². The fourth-order valence-electron chi connectivity index (χ4n) is 1.53. The molecule has 0 radical (unpaired) electrons. The van der Waals surface area contributed by atoms with Gasteiger partial charge in [-0.1, -0.05) is 0 Å². The Hall–Kier alpha value is -0.980. The zero-order valence-electron chi connectivity index (χ0n) is 11.1. The van der Waals surface area contributed by atoms with E-state index in [1.165, 1.54) is 11.3 Å². The minimum absolute atomic E-state index is 0.0359. The van der Waals surface area contributed by atoms with E-state index >= 15 is 0 Å².